The van der Waals surface area contributed by atoms with Gasteiger partial charge in [0.2, 0.25) is 0 Å². The van der Waals surface area contributed by atoms with Gasteiger partial charge in [0.25, 0.3) is 5.91 Å². The lowest BCUT2D eigenvalue weighted by Crippen LogP contribution is -2.36. The molecular weight excluding hydrogens is 991 g/mol. The van der Waals surface area contributed by atoms with Gasteiger partial charge in [-0.05, 0) is 148 Å². The molecule has 368 valence electrons. The van der Waals surface area contributed by atoms with Crippen molar-refractivity contribution in [1.82, 2.24) is 24.9 Å². The van der Waals surface area contributed by atoms with Gasteiger partial charge >= 0.3 is 5.97 Å². The van der Waals surface area contributed by atoms with E-state index in [0.29, 0.717) is 36.7 Å². The number of halogens is 4. The molecule has 0 spiro atoms. The summed E-state index contributed by atoms with van der Waals surface area (Å²) in [5.41, 5.74) is 10.0. The quantitative estimate of drug-likeness (QED) is 0.119. The number of thioether (sulfide) groups is 2. The van der Waals surface area contributed by atoms with Crippen LogP contribution >= 0.6 is 69.9 Å². The van der Waals surface area contributed by atoms with Crippen molar-refractivity contribution in [2.45, 2.75) is 64.7 Å². The Balaban J connectivity index is 0.000000205. The van der Waals surface area contributed by atoms with Gasteiger partial charge in [0.1, 0.15) is 16.0 Å². The lowest BCUT2D eigenvalue weighted by atomic mass is 9.81. The first kappa shape index (κ1) is 54.3. The number of nitrogens with zero attached hydrogens (tertiary/aromatic N) is 6. The van der Waals surface area contributed by atoms with Gasteiger partial charge in [-0.25, -0.2) is 14.8 Å². The van der Waals surface area contributed by atoms with Gasteiger partial charge in [0, 0.05) is 57.7 Å². The maximum atomic E-state index is 13.2. The van der Waals surface area contributed by atoms with Crippen LogP contribution in [0.1, 0.15) is 75.9 Å². The van der Waals surface area contributed by atoms with E-state index in [4.69, 9.17) is 62.1 Å². The lowest BCUT2D eigenvalue weighted by molar-refractivity contribution is -0.132. The molecule has 69 heavy (non-hydrogen) atoms. The van der Waals surface area contributed by atoms with E-state index >= 15 is 0 Å². The van der Waals surface area contributed by atoms with E-state index in [-0.39, 0.29) is 29.8 Å². The minimum absolute atomic E-state index is 0.0312. The number of amidine groups is 2. The molecule has 4 unspecified atom stereocenters. The molecule has 0 saturated carbocycles. The number of nitrogens with two attached hydrogens (primary N) is 1. The van der Waals surface area contributed by atoms with Crippen molar-refractivity contribution in [3.63, 3.8) is 0 Å². The Labute approximate surface area is 436 Å². The number of carbonyl (C=O) groups excluding carboxylic acids is 1. The number of allylic oxidation sites excluding steroid dienone is 2. The topological polar surface area (TPSA) is 130 Å². The van der Waals surface area contributed by atoms with Crippen LogP contribution in [0.25, 0.3) is 0 Å². The molecule has 4 N–H and O–H groups in total. The summed E-state index contributed by atoms with van der Waals surface area (Å²) in [5, 5.41) is 17.1. The first-order valence-electron chi connectivity index (χ1n) is 22.8. The van der Waals surface area contributed by atoms with Crippen LogP contribution in [0, 0.1) is 11.8 Å². The van der Waals surface area contributed by atoms with E-state index in [1.807, 2.05) is 127 Å². The fourth-order valence-corrected chi connectivity index (χ4v) is 11.9. The van der Waals surface area contributed by atoms with E-state index in [9.17, 15) is 14.7 Å². The van der Waals surface area contributed by atoms with E-state index < -0.39 is 17.0 Å². The molecule has 17 heteroatoms. The Kier molecular flexibility index (Phi) is 18.1. The second-order valence-electron chi connectivity index (χ2n) is 18.6. The zero-order chi connectivity index (χ0) is 50.5. The molecule has 0 aliphatic carbocycles. The molecule has 1 amide bonds. The fraction of sp³-hybridized carbons (Fsp3) is 0.385. The predicted octanol–water partition coefficient (Wildman–Crippen LogP) is 11.7. The van der Waals surface area contributed by atoms with Crippen LogP contribution in [0.2, 0.25) is 20.1 Å². The van der Waals surface area contributed by atoms with Gasteiger partial charge in [-0.1, -0.05) is 123 Å². The molecular formula is C52H62Cl4N8O3S2. The summed E-state index contributed by atoms with van der Waals surface area (Å²) in [5.74, 6) is -0.796. The zero-order valence-corrected chi connectivity index (χ0v) is 45.4. The molecule has 0 fully saturated rings. The Bertz CT molecular complexity index is 2610. The number of fused-ring (bicyclic) bond motifs is 2. The lowest BCUT2D eigenvalue weighted by Gasteiger charge is -2.37. The number of amides is 1. The maximum absolute atomic E-state index is 13.2. The average molecular weight is 1050 g/mol. The average Bonchev–Trinajstić information content (AvgIpc) is 4.00. The molecule has 4 heterocycles. The Morgan fingerprint density at radius 2 is 0.986 bits per heavy atom. The highest BCUT2D eigenvalue weighted by atomic mass is 35.5. The minimum Gasteiger partial charge on any atom is -0.477 e. The number of hydrogen-bond donors (Lipinski definition) is 3. The number of benzene rings is 4. The molecule has 4 aromatic carbocycles. The van der Waals surface area contributed by atoms with Gasteiger partial charge < -0.3 is 35.8 Å². The number of likely N-dealkylation sites (N-methyl/N-ethyl adjacent to an activating group) is 2. The number of carboxylic acid groups (broad SMARTS) is 1. The third-order valence-electron chi connectivity index (χ3n) is 12.2. The second-order valence-corrected chi connectivity index (χ2v) is 22.3. The smallest absolute Gasteiger partial charge is 0.344 e. The maximum Gasteiger partial charge on any atom is 0.344 e. The highest BCUT2D eigenvalue weighted by Crippen LogP contribution is 2.57. The third-order valence-corrected chi connectivity index (χ3v) is 15.3. The van der Waals surface area contributed by atoms with Crippen LogP contribution in [-0.4, -0.2) is 101 Å². The Morgan fingerprint density at radius 3 is 1.30 bits per heavy atom. The van der Waals surface area contributed by atoms with Crippen molar-refractivity contribution in [3.8, 4) is 0 Å². The van der Waals surface area contributed by atoms with Crippen LogP contribution in [0.4, 0.5) is 0 Å². The first-order valence-corrected chi connectivity index (χ1v) is 25.9. The van der Waals surface area contributed by atoms with Crippen molar-refractivity contribution in [1.29, 1.82) is 0 Å². The molecule has 0 radical (unpaired) electrons. The number of aliphatic imine (C=N–C) groups is 2. The monoisotopic (exact) mass is 1050 g/mol. The minimum atomic E-state index is -0.918. The highest BCUT2D eigenvalue weighted by molar-refractivity contribution is 8.18. The van der Waals surface area contributed by atoms with Crippen molar-refractivity contribution >= 4 is 92.1 Å². The number of hydrogen-bond acceptors (Lipinski definition) is 11. The molecule has 4 aliphatic heterocycles. The standard InChI is InChI=1S/C26H30Cl2N4OS.C22H20Cl2N2O2S.C4H12N2/c1-16(2)21-22(24(33)29-14-15-31(4)5)34-25-30-26(3,18-8-12-20(28)13-9-18)23(32(21)25)17-6-10-19(27)11-7-17;1-12(2)17-18(20(27)28)29-21-25-22(3,14-6-10-16(24)11-7-14)19(26(17)21)13-4-8-15(23)9-5-13;1-6(2)4-3-5/h6-13,16,23H,14-15H2,1-5H3,(H,29,33);4-12,19H,1-3H3,(H,27,28);3-5H2,1-2H3. The summed E-state index contributed by atoms with van der Waals surface area (Å²) in [6.45, 7) is 15.6. The van der Waals surface area contributed by atoms with E-state index in [1.54, 1.807) is 0 Å². The summed E-state index contributed by atoms with van der Waals surface area (Å²) in [6.07, 6.45) is 0. The molecule has 4 aromatic rings. The molecule has 0 aromatic heterocycles. The van der Waals surface area contributed by atoms with E-state index in [1.165, 1.54) is 23.5 Å². The normalized spacial score (nSPS) is 21.6. The molecule has 0 saturated heterocycles. The summed E-state index contributed by atoms with van der Waals surface area (Å²) in [6, 6.07) is 30.9. The largest absolute Gasteiger partial charge is 0.477 e. The summed E-state index contributed by atoms with van der Waals surface area (Å²) < 4.78 is 0. The van der Waals surface area contributed by atoms with Gasteiger partial charge in [-0.3, -0.25) is 4.79 Å². The Morgan fingerprint density at radius 1 is 0.638 bits per heavy atom. The summed E-state index contributed by atoms with van der Waals surface area (Å²) >= 11 is 27.4. The van der Waals surface area contributed by atoms with Crippen LogP contribution < -0.4 is 11.1 Å². The van der Waals surface area contributed by atoms with Crippen LogP contribution in [0.5, 0.6) is 0 Å². The number of rotatable bonds is 13. The first-order chi connectivity index (χ1) is 32.6. The van der Waals surface area contributed by atoms with Crippen LogP contribution in [0.3, 0.4) is 0 Å². The molecule has 0 bridgehead atoms. The highest BCUT2D eigenvalue weighted by Gasteiger charge is 2.54. The van der Waals surface area contributed by atoms with Gasteiger partial charge in [-0.15, -0.1) is 0 Å². The van der Waals surface area contributed by atoms with Gasteiger partial charge in [-0.2, -0.15) is 0 Å². The van der Waals surface area contributed by atoms with Crippen molar-refractivity contribution in [2.24, 2.45) is 27.6 Å². The fourth-order valence-electron chi connectivity index (χ4n) is 8.87. The summed E-state index contributed by atoms with van der Waals surface area (Å²) in [7, 11) is 8.00. The van der Waals surface area contributed by atoms with Crippen LogP contribution in [0.15, 0.2) is 128 Å². The predicted molar refractivity (Wildman–Crippen MR) is 290 cm³/mol. The van der Waals surface area contributed by atoms with Crippen LogP contribution in [-0.2, 0) is 20.7 Å². The molecule has 4 atom stereocenters. The van der Waals surface area contributed by atoms with Gasteiger partial charge in [0.05, 0.1) is 17.0 Å². The second kappa shape index (κ2) is 23.0. The van der Waals surface area contributed by atoms with Crippen molar-refractivity contribution < 1.29 is 14.7 Å². The van der Waals surface area contributed by atoms with Gasteiger partial charge in [0.15, 0.2) is 10.3 Å². The van der Waals surface area contributed by atoms with E-state index in [2.05, 4.69) is 64.7 Å². The number of carbonyl (C=O) groups is 2. The van der Waals surface area contributed by atoms with E-state index in [0.717, 1.165) is 63.4 Å². The molecule has 8 rings (SSSR count). The third kappa shape index (κ3) is 12.0. The van der Waals surface area contributed by atoms with Crippen molar-refractivity contribution in [3.05, 3.63) is 161 Å². The Hall–Kier alpha value is -4.02. The molecule has 11 nitrogen and oxygen atoms in total. The number of aliphatic carboxylic acids is 1. The molecule has 4 aliphatic rings. The SMILES string of the molecule is CC(C)C1=C(C(=O)NCCN(C)C)SC2=NC(C)(c3ccc(Cl)cc3)C(c3ccc(Cl)cc3)N21.CC(C)C1=C(C(=O)O)SC2=NC(C)(c3ccc(Cl)cc3)C(c3ccc(Cl)cc3)N21.CN(C)CCN. The van der Waals surface area contributed by atoms with Crippen molar-refractivity contribution in [2.75, 3.05) is 54.4 Å². The summed E-state index contributed by atoms with van der Waals surface area (Å²) in [4.78, 5) is 44.9. The number of carboxylic acids is 1. The number of nitrogens with one attached hydrogen (secondary N) is 1. The zero-order valence-electron chi connectivity index (χ0n) is 40.7.